The Balaban J connectivity index is 1.60. The first kappa shape index (κ1) is 13.6. The Morgan fingerprint density at radius 1 is 1.17 bits per heavy atom. The summed E-state index contributed by atoms with van der Waals surface area (Å²) in [6.07, 6.45) is 1.39. The van der Waals surface area contributed by atoms with Crippen LogP contribution in [0.5, 0.6) is 0 Å². The van der Waals surface area contributed by atoms with Crippen LogP contribution < -0.4 is 0 Å². The predicted octanol–water partition coefficient (Wildman–Crippen LogP) is 1.47. The number of rotatable bonds is 2. The van der Waals surface area contributed by atoms with Gasteiger partial charge in [0.2, 0.25) is 4.96 Å². The second kappa shape index (κ2) is 4.71. The van der Waals surface area contributed by atoms with Crippen LogP contribution >= 0.6 is 11.3 Å². The van der Waals surface area contributed by atoms with E-state index in [9.17, 15) is 14.4 Å². The minimum Gasteiger partial charge on any atom is -0.322 e. The van der Waals surface area contributed by atoms with E-state index in [-0.39, 0.29) is 16.8 Å². The molecule has 0 spiro atoms. The maximum Gasteiger partial charge on any atom is 0.383 e. The van der Waals surface area contributed by atoms with Crippen molar-refractivity contribution in [2.24, 2.45) is 0 Å². The van der Waals surface area contributed by atoms with Crippen LogP contribution in [0.25, 0.3) is 4.96 Å². The minimum atomic E-state index is -0.894. The number of fused-ring (bicyclic) bond motifs is 2. The van der Waals surface area contributed by atoms with E-state index in [1.54, 1.807) is 12.1 Å². The Hall–Kier alpha value is -3.07. The van der Waals surface area contributed by atoms with Gasteiger partial charge in [0, 0.05) is 0 Å². The van der Waals surface area contributed by atoms with Gasteiger partial charge in [0.15, 0.2) is 5.69 Å². The van der Waals surface area contributed by atoms with Crippen molar-refractivity contribution in [3.05, 3.63) is 52.3 Å². The van der Waals surface area contributed by atoms with Gasteiger partial charge in [-0.15, -0.1) is 0 Å². The molecule has 0 radical (unpaired) electrons. The Labute approximate surface area is 132 Å². The molecule has 2 aromatic heterocycles. The number of carbonyl (C=O) groups excluding carboxylic acids is 3. The van der Waals surface area contributed by atoms with Gasteiger partial charge in [0.05, 0.1) is 17.3 Å². The van der Waals surface area contributed by atoms with Crippen molar-refractivity contribution in [2.45, 2.75) is 6.92 Å². The van der Waals surface area contributed by atoms with Crippen LogP contribution in [0.1, 0.15) is 36.2 Å². The van der Waals surface area contributed by atoms with E-state index in [2.05, 4.69) is 10.1 Å². The van der Waals surface area contributed by atoms with Gasteiger partial charge in [-0.05, 0) is 19.1 Å². The highest BCUT2D eigenvalue weighted by Crippen LogP contribution is 2.23. The Morgan fingerprint density at radius 3 is 2.43 bits per heavy atom. The van der Waals surface area contributed by atoms with Crippen LogP contribution in [0.15, 0.2) is 30.5 Å². The molecule has 0 bridgehead atoms. The number of aryl methyl sites for hydroxylation is 1. The summed E-state index contributed by atoms with van der Waals surface area (Å²) >= 11 is 1.31. The summed E-state index contributed by atoms with van der Waals surface area (Å²) in [5.41, 5.74) is 0.377. The van der Waals surface area contributed by atoms with Crippen molar-refractivity contribution in [1.82, 2.24) is 19.7 Å². The smallest absolute Gasteiger partial charge is 0.322 e. The molecule has 114 valence electrons. The third-order valence-electron chi connectivity index (χ3n) is 3.28. The summed E-state index contributed by atoms with van der Waals surface area (Å²) < 4.78 is 1.44. The maximum atomic E-state index is 12.1. The summed E-state index contributed by atoms with van der Waals surface area (Å²) in [6.45, 7) is 1.82. The van der Waals surface area contributed by atoms with Crippen molar-refractivity contribution >= 4 is 34.1 Å². The number of aromatic nitrogens is 3. The highest BCUT2D eigenvalue weighted by molar-refractivity contribution is 7.16. The van der Waals surface area contributed by atoms with Gasteiger partial charge in [0.25, 0.3) is 11.8 Å². The molecule has 3 aromatic rings. The van der Waals surface area contributed by atoms with Crippen LogP contribution in [0.4, 0.5) is 0 Å². The zero-order valence-electron chi connectivity index (χ0n) is 11.7. The molecule has 0 unspecified atom stereocenters. The lowest BCUT2D eigenvalue weighted by molar-refractivity contribution is -0.0588. The second-order valence-electron chi connectivity index (χ2n) is 4.80. The van der Waals surface area contributed by atoms with Crippen molar-refractivity contribution in [1.29, 1.82) is 0 Å². The van der Waals surface area contributed by atoms with Crippen molar-refractivity contribution in [2.75, 3.05) is 0 Å². The molecule has 4 rings (SSSR count). The lowest BCUT2D eigenvalue weighted by Crippen LogP contribution is -2.32. The molecule has 9 heteroatoms. The predicted molar refractivity (Wildman–Crippen MR) is 78.0 cm³/mol. The second-order valence-corrected chi connectivity index (χ2v) is 5.96. The SMILES string of the molecule is Cc1nn2cc(C(=O)ON3C(=O)c4ccccc4C3=O)nc2s1. The first-order valence-electron chi connectivity index (χ1n) is 6.57. The zero-order chi connectivity index (χ0) is 16.1. The molecule has 2 amide bonds. The van der Waals surface area contributed by atoms with Gasteiger partial charge in [-0.2, -0.15) is 5.10 Å². The van der Waals surface area contributed by atoms with Gasteiger partial charge in [-0.1, -0.05) is 28.5 Å². The van der Waals surface area contributed by atoms with Gasteiger partial charge >= 0.3 is 5.97 Å². The molecule has 3 heterocycles. The fraction of sp³-hybridized carbons (Fsp3) is 0.0714. The van der Waals surface area contributed by atoms with Gasteiger partial charge in [0.1, 0.15) is 5.01 Å². The molecule has 1 aliphatic rings. The Morgan fingerprint density at radius 2 is 1.83 bits per heavy atom. The van der Waals surface area contributed by atoms with Crippen LogP contribution in [0, 0.1) is 6.92 Å². The van der Waals surface area contributed by atoms with Crippen LogP contribution in [0.3, 0.4) is 0 Å². The largest absolute Gasteiger partial charge is 0.383 e. The number of imide groups is 1. The normalized spacial score (nSPS) is 13.7. The number of imidazole rings is 1. The maximum absolute atomic E-state index is 12.1. The Bertz CT molecular complexity index is 923. The fourth-order valence-electron chi connectivity index (χ4n) is 2.28. The lowest BCUT2D eigenvalue weighted by atomic mass is 10.1. The van der Waals surface area contributed by atoms with Gasteiger partial charge in [-0.3, -0.25) is 9.59 Å². The number of hydrogen-bond acceptors (Lipinski definition) is 7. The topological polar surface area (TPSA) is 93.9 Å². The molecule has 0 fully saturated rings. The molecule has 1 aromatic carbocycles. The fourth-order valence-corrected chi connectivity index (χ4v) is 3.00. The Kier molecular flexibility index (Phi) is 2.78. The number of hydroxylamine groups is 2. The molecule has 0 atom stereocenters. The molecule has 23 heavy (non-hydrogen) atoms. The van der Waals surface area contributed by atoms with Crippen molar-refractivity contribution in [3.8, 4) is 0 Å². The number of hydrogen-bond donors (Lipinski definition) is 0. The summed E-state index contributed by atoms with van der Waals surface area (Å²) in [7, 11) is 0. The monoisotopic (exact) mass is 328 g/mol. The quantitative estimate of drug-likeness (QED) is 0.661. The average molecular weight is 328 g/mol. The molecule has 0 aliphatic carbocycles. The van der Waals surface area contributed by atoms with E-state index < -0.39 is 17.8 Å². The minimum absolute atomic E-state index is 0.0275. The molecule has 1 aliphatic heterocycles. The number of carbonyl (C=O) groups is 3. The van der Waals surface area contributed by atoms with E-state index in [0.29, 0.717) is 10.0 Å². The first-order valence-corrected chi connectivity index (χ1v) is 7.39. The number of benzene rings is 1. The molecule has 0 N–H and O–H groups in total. The van der Waals surface area contributed by atoms with Crippen LogP contribution in [-0.2, 0) is 4.84 Å². The van der Waals surface area contributed by atoms with Crippen molar-refractivity contribution < 1.29 is 19.2 Å². The zero-order valence-corrected chi connectivity index (χ0v) is 12.5. The standard InChI is InChI=1S/C14H8N4O4S/c1-7-16-17-6-10(15-14(17)23-7)13(21)22-18-11(19)8-4-2-3-5-9(8)12(18)20/h2-6H,1H3. The van der Waals surface area contributed by atoms with E-state index in [0.717, 1.165) is 5.01 Å². The molecular formula is C14H8N4O4S. The molecule has 8 nitrogen and oxygen atoms in total. The lowest BCUT2D eigenvalue weighted by Gasteiger charge is -2.11. The van der Waals surface area contributed by atoms with E-state index in [1.807, 2.05) is 6.92 Å². The third-order valence-corrected chi connectivity index (χ3v) is 4.12. The molecular weight excluding hydrogens is 320 g/mol. The highest BCUT2D eigenvalue weighted by atomic mass is 32.1. The van der Waals surface area contributed by atoms with Crippen LogP contribution in [-0.4, -0.2) is 37.4 Å². The summed E-state index contributed by atoms with van der Waals surface area (Å²) in [6, 6.07) is 6.27. The molecule has 0 saturated heterocycles. The summed E-state index contributed by atoms with van der Waals surface area (Å²) in [4.78, 5) is 45.9. The average Bonchev–Trinajstić information content (AvgIpc) is 3.14. The van der Waals surface area contributed by atoms with E-state index >= 15 is 0 Å². The summed E-state index contributed by atoms with van der Waals surface area (Å²) in [5.74, 6) is -2.24. The summed E-state index contributed by atoms with van der Waals surface area (Å²) in [5, 5.41) is 5.38. The van der Waals surface area contributed by atoms with Gasteiger partial charge < -0.3 is 4.84 Å². The van der Waals surface area contributed by atoms with Crippen molar-refractivity contribution in [3.63, 3.8) is 0 Å². The number of nitrogens with zero attached hydrogens (tertiary/aromatic N) is 4. The number of amides is 2. The van der Waals surface area contributed by atoms with E-state index in [4.69, 9.17) is 4.84 Å². The van der Waals surface area contributed by atoms with Gasteiger partial charge in [-0.25, -0.2) is 14.3 Å². The molecule has 0 saturated carbocycles. The third kappa shape index (κ3) is 2.01. The highest BCUT2D eigenvalue weighted by Gasteiger charge is 2.39. The first-order chi connectivity index (χ1) is 11.0. The van der Waals surface area contributed by atoms with E-state index in [1.165, 1.54) is 34.2 Å². The van der Waals surface area contributed by atoms with Crippen LogP contribution in [0.2, 0.25) is 0 Å².